The summed E-state index contributed by atoms with van der Waals surface area (Å²) in [4.78, 5) is 44.6. The normalized spacial score (nSPS) is 16.3. The smallest absolute Gasteiger partial charge is 0.335 e. The van der Waals surface area contributed by atoms with Crippen molar-refractivity contribution >= 4 is 68.8 Å². The lowest BCUT2D eigenvalue weighted by Crippen LogP contribution is -2.38. The Balaban J connectivity index is 1.17. The molecule has 0 spiro atoms. The SMILES string of the molecule is O=C(CCN1C(=O)C(=Cc2cc(-c3ccc4cc[nH]c4c3)ccc2OCCN2CCOCC2)SC1=S)Nc1ccc(C(=O)O)cc1. The fraction of sp³-hybridized carbons (Fsp3) is 0.235. The van der Waals surface area contributed by atoms with E-state index in [4.69, 9.17) is 26.8 Å². The average molecular weight is 657 g/mol. The van der Waals surface area contributed by atoms with Crippen LogP contribution >= 0.6 is 24.0 Å². The van der Waals surface area contributed by atoms with Crippen molar-refractivity contribution in [3.05, 3.63) is 89.0 Å². The summed E-state index contributed by atoms with van der Waals surface area (Å²) in [5.74, 6) is -0.969. The van der Waals surface area contributed by atoms with E-state index in [2.05, 4.69) is 33.4 Å². The summed E-state index contributed by atoms with van der Waals surface area (Å²) < 4.78 is 12.1. The fourth-order valence-electron chi connectivity index (χ4n) is 5.28. The third kappa shape index (κ3) is 7.48. The number of amides is 2. The van der Waals surface area contributed by atoms with Crippen LogP contribution in [0.5, 0.6) is 5.75 Å². The number of hydrogen-bond donors (Lipinski definition) is 3. The number of carboxylic acids is 1. The molecule has 4 aromatic rings. The Morgan fingerprint density at radius 2 is 1.78 bits per heavy atom. The second kappa shape index (κ2) is 14.3. The van der Waals surface area contributed by atoms with Crippen LogP contribution in [0, 0.1) is 0 Å². The first kappa shape index (κ1) is 31.5. The number of ether oxygens (including phenoxy) is 2. The Kier molecular flexibility index (Phi) is 9.79. The molecule has 0 aliphatic carbocycles. The van der Waals surface area contributed by atoms with Crippen LogP contribution in [0.4, 0.5) is 5.69 Å². The Morgan fingerprint density at radius 1 is 1.02 bits per heavy atom. The van der Waals surface area contributed by atoms with Crippen molar-refractivity contribution in [3.63, 3.8) is 0 Å². The van der Waals surface area contributed by atoms with Gasteiger partial charge in [0.15, 0.2) is 0 Å². The highest BCUT2D eigenvalue weighted by atomic mass is 32.2. The van der Waals surface area contributed by atoms with E-state index in [-0.39, 0.29) is 30.3 Å². The van der Waals surface area contributed by atoms with Crippen LogP contribution in [0.1, 0.15) is 22.3 Å². The summed E-state index contributed by atoms with van der Waals surface area (Å²) in [6.45, 7) is 4.54. The molecule has 3 aromatic carbocycles. The van der Waals surface area contributed by atoms with Gasteiger partial charge in [0.2, 0.25) is 5.91 Å². The molecule has 10 nitrogen and oxygen atoms in total. The van der Waals surface area contributed by atoms with Crippen LogP contribution in [0.3, 0.4) is 0 Å². The molecule has 2 saturated heterocycles. The zero-order chi connectivity index (χ0) is 32.0. The first-order valence-corrected chi connectivity index (χ1v) is 16.1. The number of aromatic nitrogens is 1. The first-order chi connectivity index (χ1) is 22.3. The van der Waals surface area contributed by atoms with Crippen LogP contribution < -0.4 is 10.1 Å². The third-order valence-electron chi connectivity index (χ3n) is 7.81. The van der Waals surface area contributed by atoms with E-state index in [0.717, 1.165) is 47.2 Å². The van der Waals surface area contributed by atoms with Crippen molar-refractivity contribution in [2.24, 2.45) is 0 Å². The van der Waals surface area contributed by atoms with E-state index >= 15 is 0 Å². The minimum Gasteiger partial charge on any atom is -0.492 e. The topological polar surface area (TPSA) is 124 Å². The summed E-state index contributed by atoms with van der Waals surface area (Å²) in [5, 5.41) is 12.9. The predicted octanol–water partition coefficient (Wildman–Crippen LogP) is 5.47. The minimum absolute atomic E-state index is 0.0208. The van der Waals surface area contributed by atoms with E-state index in [1.807, 2.05) is 36.5 Å². The molecule has 0 saturated carbocycles. The molecule has 3 N–H and O–H groups in total. The Labute approximate surface area is 275 Å². The summed E-state index contributed by atoms with van der Waals surface area (Å²) >= 11 is 6.73. The number of carbonyl (C=O) groups excluding carboxylic acids is 2. The molecule has 0 bridgehead atoms. The molecule has 2 aliphatic heterocycles. The van der Waals surface area contributed by atoms with Crippen LogP contribution in [0.2, 0.25) is 0 Å². The maximum absolute atomic E-state index is 13.5. The maximum Gasteiger partial charge on any atom is 0.335 e. The van der Waals surface area contributed by atoms with Crippen LogP contribution in [0.25, 0.3) is 28.1 Å². The average Bonchev–Trinajstić information content (AvgIpc) is 3.64. The quantitative estimate of drug-likeness (QED) is 0.142. The molecule has 0 atom stereocenters. The molecule has 236 valence electrons. The standard InChI is InChI=1S/C34H32N4O6S2/c39-31(36-27-6-3-23(4-7-27)33(41)42)10-12-38-32(40)30(46-34(38)45)21-26-19-24(25-2-1-22-9-11-35-28(22)20-25)5-8-29(26)44-18-15-37-13-16-43-17-14-37/h1-9,11,19-21,35H,10,12-18H2,(H,36,39)(H,41,42). The molecule has 2 amide bonds. The van der Waals surface area contributed by atoms with Gasteiger partial charge in [0.05, 0.1) is 23.7 Å². The van der Waals surface area contributed by atoms with E-state index in [9.17, 15) is 14.4 Å². The van der Waals surface area contributed by atoms with Gasteiger partial charge in [-0.25, -0.2) is 4.79 Å². The van der Waals surface area contributed by atoms with Crippen molar-refractivity contribution in [2.75, 3.05) is 51.3 Å². The number of nitrogens with one attached hydrogen (secondary N) is 2. The van der Waals surface area contributed by atoms with E-state index in [1.54, 1.807) is 0 Å². The molecule has 0 unspecified atom stereocenters. The van der Waals surface area contributed by atoms with Gasteiger partial charge in [-0.3, -0.25) is 19.4 Å². The molecule has 2 fully saturated rings. The predicted molar refractivity (Wildman–Crippen MR) is 183 cm³/mol. The molecule has 1 aromatic heterocycles. The number of H-pyrrole nitrogens is 1. The monoisotopic (exact) mass is 656 g/mol. The number of nitrogens with zero attached hydrogens (tertiary/aromatic N) is 2. The van der Waals surface area contributed by atoms with Gasteiger partial charge in [-0.2, -0.15) is 0 Å². The van der Waals surface area contributed by atoms with Gasteiger partial charge >= 0.3 is 5.97 Å². The van der Waals surface area contributed by atoms with E-state index in [1.165, 1.54) is 40.9 Å². The highest BCUT2D eigenvalue weighted by Crippen LogP contribution is 2.36. The summed E-state index contributed by atoms with van der Waals surface area (Å²) in [6, 6.07) is 20.1. The molecule has 12 heteroatoms. The number of aromatic amines is 1. The number of fused-ring (bicyclic) bond motifs is 1. The number of carbonyl (C=O) groups is 3. The highest BCUT2D eigenvalue weighted by molar-refractivity contribution is 8.26. The van der Waals surface area contributed by atoms with Gasteiger partial charge in [0, 0.05) is 55.6 Å². The van der Waals surface area contributed by atoms with Crippen molar-refractivity contribution < 1.29 is 29.0 Å². The second-order valence-electron chi connectivity index (χ2n) is 10.8. The molecule has 0 radical (unpaired) electrons. The Morgan fingerprint density at radius 3 is 2.57 bits per heavy atom. The largest absolute Gasteiger partial charge is 0.492 e. The van der Waals surface area contributed by atoms with Crippen molar-refractivity contribution in [1.82, 2.24) is 14.8 Å². The number of carboxylic acid groups (broad SMARTS) is 1. The Bertz CT molecular complexity index is 1810. The van der Waals surface area contributed by atoms with Crippen LogP contribution in [0.15, 0.2) is 77.8 Å². The zero-order valence-electron chi connectivity index (χ0n) is 24.9. The number of thiocarbonyl (C=S) groups is 1. The van der Waals surface area contributed by atoms with Crippen molar-refractivity contribution in [3.8, 4) is 16.9 Å². The lowest BCUT2D eigenvalue weighted by molar-refractivity contribution is -0.122. The van der Waals surface area contributed by atoms with Crippen LogP contribution in [-0.2, 0) is 14.3 Å². The van der Waals surface area contributed by atoms with E-state index < -0.39 is 5.97 Å². The Hall–Kier alpha value is -4.49. The number of aromatic carboxylic acids is 1. The number of benzene rings is 3. The molecule has 6 rings (SSSR count). The van der Waals surface area contributed by atoms with Gasteiger partial charge < -0.3 is 24.9 Å². The van der Waals surface area contributed by atoms with Gasteiger partial charge in [0.25, 0.3) is 5.91 Å². The number of rotatable bonds is 11. The zero-order valence-corrected chi connectivity index (χ0v) is 26.5. The maximum atomic E-state index is 13.5. The highest BCUT2D eigenvalue weighted by Gasteiger charge is 2.32. The number of morpholine rings is 1. The molecular formula is C34H32N4O6S2. The second-order valence-corrected chi connectivity index (χ2v) is 12.5. The van der Waals surface area contributed by atoms with Gasteiger partial charge in [0.1, 0.15) is 16.7 Å². The lowest BCUT2D eigenvalue weighted by Gasteiger charge is -2.26. The summed E-state index contributed by atoms with van der Waals surface area (Å²) in [5.41, 5.74) is 4.39. The van der Waals surface area contributed by atoms with Gasteiger partial charge in [-0.1, -0.05) is 42.2 Å². The summed E-state index contributed by atoms with van der Waals surface area (Å²) in [6.07, 6.45) is 3.74. The molecule has 3 heterocycles. The van der Waals surface area contributed by atoms with Crippen molar-refractivity contribution in [2.45, 2.75) is 6.42 Å². The lowest BCUT2D eigenvalue weighted by atomic mass is 10.0. The number of anilines is 1. The minimum atomic E-state index is -1.04. The third-order valence-corrected chi connectivity index (χ3v) is 9.18. The molecule has 46 heavy (non-hydrogen) atoms. The molecular weight excluding hydrogens is 625 g/mol. The number of hydrogen-bond acceptors (Lipinski definition) is 8. The van der Waals surface area contributed by atoms with Crippen LogP contribution in [-0.4, -0.2) is 88.0 Å². The fourth-order valence-corrected chi connectivity index (χ4v) is 6.58. The van der Waals surface area contributed by atoms with Gasteiger partial charge in [-0.15, -0.1) is 0 Å². The first-order valence-electron chi connectivity index (χ1n) is 14.9. The summed E-state index contributed by atoms with van der Waals surface area (Å²) in [7, 11) is 0. The molecule has 2 aliphatic rings. The van der Waals surface area contributed by atoms with E-state index in [0.29, 0.717) is 40.5 Å². The number of thioether (sulfide) groups is 1. The van der Waals surface area contributed by atoms with Crippen molar-refractivity contribution in [1.29, 1.82) is 0 Å². The van der Waals surface area contributed by atoms with Gasteiger partial charge in [-0.05, 0) is 71.1 Å².